The molecule has 19 heavy (non-hydrogen) atoms. The second-order valence-electron chi connectivity index (χ2n) is 4.81. The molecule has 1 saturated heterocycles. The minimum absolute atomic E-state index is 0.0161. The van der Waals surface area contributed by atoms with Crippen LogP contribution >= 0.6 is 0 Å². The number of amides is 1. The standard InChI is InChI=1S/C13H17N3O3/c1-9-7-11(16(18)19)3-4-12(9)13(17)15-6-5-14-8-10(15)2/h3-4,7,10,14H,5-6,8H2,1-2H3/t10-/m0/s1. The number of nitro groups is 1. The monoisotopic (exact) mass is 263 g/mol. The van der Waals surface area contributed by atoms with Gasteiger partial charge in [0.2, 0.25) is 0 Å². The molecule has 0 spiro atoms. The number of hydrogen-bond donors (Lipinski definition) is 1. The molecule has 1 heterocycles. The van der Waals surface area contributed by atoms with Crippen molar-refractivity contribution < 1.29 is 9.72 Å². The van der Waals surface area contributed by atoms with Crippen LogP contribution in [0.2, 0.25) is 0 Å². The van der Waals surface area contributed by atoms with Crippen molar-refractivity contribution in [2.24, 2.45) is 0 Å². The lowest BCUT2D eigenvalue weighted by Gasteiger charge is -2.34. The van der Waals surface area contributed by atoms with Crippen molar-refractivity contribution in [1.82, 2.24) is 10.2 Å². The van der Waals surface area contributed by atoms with Crippen molar-refractivity contribution in [3.05, 3.63) is 39.4 Å². The summed E-state index contributed by atoms with van der Waals surface area (Å²) in [6.07, 6.45) is 0. The fourth-order valence-corrected chi connectivity index (χ4v) is 2.30. The second kappa shape index (κ2) is 5.36. The fourth-order valence-electron chi connectivity index (χ4n) is 2.30. The predicted octanol–water partition coefficient (Wildman–Crippen LogP) is 1.34. The Balaban J connectivity index is 2.26. The number of nitrogens with zero attached hydrogens (tertiary/aromatic N) is 2. The molecule has 1 aromatic rings. The summed E-state index contributed by atoms with van der Waals surface area (Å²) < 4.78 is 0. The Labute approximate surface area is 111 Å². The first-order valence-electron chi connectivity index (χ1n) is 6.27. The third-order valence-electron chi connectivity index (χ3n) is 3.41. The van der Waals surface area contributed by atoms with Crippen molar-refractivity contribution in [3.63, 3.8) is 0 Å². The number of nitro benzene ring substituents is 1. The average Bonchev–Trinajstić information content (AvgIpc) is 2.38. The maximum absolute atomic E-state index is 12.4. The highest BCUT2D eigenvalue weighted by atomic mass is 16.6. The Morgan fingerprint density at radius 3 is 2.84 bits per heavy atom. The van der Waals surface area contributed by atoms with E-state index in [2.05, 4.69) is 5.32 Å². The van der Waals surface area contributed by atoms with E-state index in [1.165, 1.54) is 12.1 Å². The third-order valence-corrected chi connectivity index (χ3v) is 3.41. The van der Waals surface area contributed by atoms with Crippen LogP contribution in [0.3, 0.4) is 0 Å². The van der Waals surface area contributed by atoms with Crippen LogP contribution in [0.15, 0.2) is 18.2 Å². The van der Waals surface area contributed by atoms with Gasteiger partial charge in [0.15, 0.2) is 0 Å². The highest BCUT2D eigenvalue weighted by molar-refractivity contribution is 5.96. The van der Waals surface area contributed by atoms with Crippen LogP contribution in [0, 0.1) is 17.0 Å². The lowest BCUT2D eigenvalue weighted by atomic mass is 10.1. The quantitative estimate of drug-likeness (QED) is 0.645. The molecule has 1 aliphatic heterocycles. The smallest absolute Gasteiger partial charge is 0.269 e. The maximum atomic E-state index is 12.4. The van der Waals surface area contributed by atoms with E-state index >= 15 is 0 Å². The summed E-state index contributed by atoms with van der Waals surface area (Å²) >= 11 is 0. The molecular formula is C13H17N3O3. The number of carbonyl (C=O) groups excluding carboxylic acids is 1. The van der Waals surface area contributed by atoms with E-state index in [4.69, 9.17) is 0 Å². The molecule has 2 rings (SSSR count). The number of aryl methyl sites for hydroxylation is 1. The zero-order chi connectivity index (χ0) is 14.0. The third kappa shape index (κ3) is 2.73. The molecule has 0 unspecified atom stereocenters. The van der Waals surface area contributed by atoms with Crippen molar-refractivity contribution >= 4 is 11.6 Å². The predicted molar refractivity (Wildman–Crippen MR) is 71.2 cm³/mol. The first kappa shape index (κ1) is 13.5. The van der Waals surface area contributed by atoms with Crippen molar-refractivity contribution in [3.8, 4) is 0 Å². The number of nitrogens with one attached hydrogen (secondary N) is 1. The SMILES string of the molecule is Cc1cc([N+](=O)[O-])ccc1C(=O)N1CCNC[C@@H]1C. The van der Waals surface area contributed by atoms with E-state index in [-0.39, 0.29) is 17.6 Å². The molecule has 102 valence electrons. The first-order chi connectivity index (χ1) is 9.00. The molecule has 0 aliphatic carbocycles. The largest absolute Gasteiger partial charge is 0.333 e. The molecule has 6 nitrogen and oxygen atoms in total. The molecule has 1 fully saturated rings. The molecule has 1 amide bonds. The van der Waals surface area contributed by atoms with Gasteiger partial charge in [0.05, 0.1) is 4.92 Å². The van der Waals surface area contributed by atoms with Gasteiger partial charge < -0.3 is 10.2 Å². The van der Waals surface area contributed by atoms with E-state index in [9.17, 15) is 14.9 Å². The number of rotatable bonds is 2. The van der Waals surface area contributed by atoms with E-state index in [1.807, 2.05) is 11.8 Å². The molecule has 6 heteroatoms. The van der Waals surface area contributed by atoms with Crippen LogP contribution in [-0.4, -0.2) is 41.4 Å². The van der Waals surface area contributed by atoms with Gasteiger partial charge in [-0.3, -0.25) is 14.9 Å². The Kier molecular flexibility index (Phi) is 3.80. The molecule has 0 bridgehead atoms. The van der Waals surface area contributed by atoms with E-state index in [0.717, 1.165) is 13.1 Å². The number of carbonyl (C=O) groups is 1. The molecule has 0 radical (unpaired) electrons. The van der Waals surface area contributed by atoms with Gasteiger partial charge in [-0.15, -0.1) is 0 Å². The highest BCUT2D eigenvalue weighted by Crippen LogP contribution is 2.19. The summed E-state index contributed by atoms with van der Waals surface area (Å²) in [5, 5.41) is 13.9. The van der Waals surface area contributed by atoms with Gasteiger partial charge in [0.25, 0.3) is 11.6 Å². The van der Waals surface area contributed by atoms with E-state index < -0.39 is 4.92 Å². The summed E-state index contributed by atoms with van der Waals surface area (Å²) in [7, 11) is 0. The van der Waals surface area contributed by atoms with Crippen LogP contribution in [0.25, 0.3) is 0 Å². The van der Waals surface area contributed by atoms with Crippen LogP contribution < -0.4 is 5.32 Å². The molecule has 1 aliphatic rings. The van der Waals surface area contributed by atoms with Crippen molar-refractivity contribution in [2.75, 3.05) is 19.6 Å². The minimum Gasteiger partial charge on any atom is -0.333 e. The zero-order valence-corrected chi connectivity index (χ0v) is 11.0. The molecule has 1 aromatic carbocycles. The van der Waals surface area contributed by atoms with Gasteiger partial charge in [-0.25, -0.2) is 0 Å². The summed E-state index contributed by atoms with van der Waals surface area (Å²) in [5.41, 5.74) is 1.20. The van der Waals surface area contributed by atoms with E-state index in [0.29, 0.717) is 17.7 Å². The Morgan fingerprint density at radius 1 is 1.53 bits per heavy atom. The van der Waals surface area contributed by atoms with Crippen LogP contribution in [0.1, 0.15) is 22.8 Å². The topological polar surface area (TPSA) is 75.5 Å². The summed E-state index contributed by atoms with van der Waals surface area (Å²) in [5.74, 6) is -0.0543. The van der Waals surface area contributed by atoms with Gasteiger partial charge in [0, 0.05) is 43.4 Å². The number of benzene rings is 1. The molecule has 1 atom stereocenters. The molecular weight excluding hydrogens is 246 g/mol. The summed E-state index contributed by atoms with van der Waals surface area (Å²) in [6, 6.07) is 4.51. The van der Waals surface area contributed by atoms with Gasteiger partial charge in [-0.05, 0) is 25.5 Å². The highest BCUT2D eigenvalue weighted by Gasteiger charge is 2.25. The van der Waals surface area contributed by atoms with Gasteiger partial charge >= 0.3 is 0 Å². The zero-order valence-electron chi connectivity index (χ0n) is 11.0. The minimum atomic E-state index is -0.450. The second-order valence-corrected chi connectivity index (χ2v) is 4.81. The van der Waals surface area contributed by atoms with Crippen molar-refractivity contribution in [2.45, 2.75) is 19.9 Å². The lowest BCUT2D eigenvalue weighted by molar-refractivity contribution is -0.384. The molecule has 1 N–H and O–H groups in total. The summed E-state index contributed by atoms with van der Waals surface area (Å²) in [4.78, 5) is 24.5. The normalized spacial score (nSPS) is 19.3. The van der Waals surface area contributed by atoms with Gasteiger partial charge in [-0.2, -0.15) is 0 Å². The number of hydrogen-bond acceptors (Lipinski definition) is 4. The van der Waals surface area contributed by atoms with Crippen molar-refractivity contribution in [1.29, 1.82) is 0 Å². The van der Waals surface area contributed by atoms with E-state index in [1.54, 1.807) is 13.0 Å². The molecule has 0 saturated carbocycles. The Hall–Kier alpha value is -1.95. The number of non-ortho nitro benzene ring substituents is 1. The van der Waals surface area contributed by atoms with Crippen LogP contribution in [-0.2, 0) is 0 Å². The Morgan fingerprint density at radius 2 is 2.26 bits per heavy atom. The number of piperazine rings is 1. The average molecular weight is 263 g/mol. The Bertz CT molecular complexity index is 516. The van der Waals surface area contributed by atoms with Gasteiger partial charge in [-0.1, -0.05) is 0 Å². The maximum Gasteiger partial charge on any atom is 0.269 e. The van der Waals surface area contributed by atoms with Crippen LogP contribution in [0.4, 0.5) is 5.69 Å². The lowest BCUT2D eigenvalue weighted by Crippen LogP contribution is -2.52. The molecule has 0 aromatic heterocycles. The fraction of sp³-hybridized carbons (Fsp3) is 0.462. The first-order valence-corrected chi connectivity index (χ1v) is 6.27. The van der Waals surface area contributed by atoms with Crippen LogP contribution in [0.5, 0.6) is 0 Å². The van der Waals surface area contributed by atoms with Gasteiger partial charge in [0.1, 0.15) is 0 Å². The summed E-state index contributed by atoms with van der Waals surface area (Å²) in [6.45, 7) is 5.94.